The fourth-order valence-corrected chi connectivity index (χ4v) is 4.63. The maximum Gasteiger partial charge on any atom is 0.343 e. The zero-order valence-corrected chi connectivity index (χ0v) is 16.1. The highest BCUT2D eigenvalue weighted by Gasteiger charge is 2.37. The Kier molecular flexibility index (Phi) is 5.13. The van der Waals surface area contributed by atoms with Crippen LogP contribution in [0.15, 0.2) is 60.7 Å². The number of ether oxygens (including phenoxy) is 1. The molecule has 0 aromatic heterocycles. The summed E-state index contributed by atoms with van der Waals surface area (Å²) in [6.07, 6.45) is 6.44. The summed E-state index contributed by atoms with van der Waals surface area (Å²) >= 11 is 0. The van der Waals surface area contributed by atoms with Gasteiger partial charge in [-0.2, -0.15) is 0 Å². The Bertz CT molecular complexity index is 840. The predicted molar refractivity (Wildman–Crippen MR) is 109 cm³/mol. The number of rotatable bonds is 5. The zero-order valence-electron chi connectivity index (χ0n) is 16.1. The van der Waals surface area contributed by atoms with Crippen LogP contribution in [0.1, 0.15) is 35.2 Å². The quantitative estimate of drug-likeness (QED) is 0.560. The molecule has 2 aliphatic carbocycles. The molecule has 0 N–H and O–H groups in total. The summed E-state index contributed by atoms with van der Waals surface area (Å²) in [7, 11) is 4.30. The van der Waals surface area contributed by atoms with E-state index in [-0.39, 0.29) is 5.97 Å². The molecule has 3 nitrogen and oxygen atoms in total. The summed E-state index contributed by atoms with van der Waals surface area (Å²) in [5.41, 5.74) is 3.19. The molecule has 2 aliphatic rings. The Morgan fingerprint density at radius 3 is 2.67 bits per heavy atom. The Morgan fingerprint density at radius 1 is 1.07 bits per heavy atom. The number of allylic oxidation sites excluding steroid dienone is 1. The summed E-state index contributed by atoms with van der Waals surface area (Å²) in [6.45, 7) is 1.07. The minimum absolute atomic E-state index is 0.310. The molecule has 27 heavy (non-hydrogen) atoms. The number of esters is 1. The van der Waals surface area contributed by atoms with Crippen molar-refractivity contribution in [3.8, 4) is 5.75 Å². The van der Waals surface area contributed by atoms with Gasteiger partial charge in [-0.3, -0.25) is 0 Å². The molecule has 2 aromatic rings. The van der Waals surface area contributed by atoms with Crippen LogP contribution in [0.5, 0.6) is 5.75 Å². The molecular formula is C24H27NO2. The molecule has 2 bridgehead atoms. The van der Waals surface area contributed by atoms with Crippen molar-refractivity contribution in [2.24, 2.45) is 17.8 Å². The van der Waals surface area contributed by atoms with Crippen LogP contribution in [-0.4, -0.2) is 31.5 Å². The maximum absolute atomic E-state index is 12.4. The average molecular weight is 361 g/mol. The number of nitrogens with zero attached hydrogens (tertiary/aromatic N) is 1. The van der Waals surface area contributed by atoms with Crippen LogP contribution < -0.4 is 4.74 Å². The average Bonchev–Trinajstić information content (AvgIpc) is 3.07. The summed E-state index contributed by atoms with van der Waals surface area (Å²) in [6, 6.07) is 17.2. The van der Waals surface area contributed by atoms with Gasteiger partial charge in [-0.05, 0) is 86.5 Å². The van der Waals surface area contributed by atoms with Crippen LogP contribution in [0, 0.1) is 17.8 Å². The summed E-state index contributed by atoms with van der Waals surface area (Å²) < 4.78 is 5.64. The first kappa shape index (κ1) is 18.0. The molecule has 0 amide bonds. The first-order valence-electron chi connectivity index (χ1n) is 9.84. The lowest BCUT2D eigenvalue weighted by Crippen LogP contribution is -2.29. The van der Waals surface area contributed by atoms with Crippen molar-refractivity contribution in [2.45, 2.75) is 19.3 Å². The van der Waals surface area contributed by atoms with E-state index in [1.54, 1.807) is 12.1 Å². The SMILES string of the molecule is CN(C)CC1C(c2cccc(OC(=O)c3ccccc3)c2)=CC2CCC1C2. The van der Waals surface area contributed by atoms with E-state index in [9.17, 15) is 4.79 Å². The van der Waals surface area contributed by atoms with Crippen molar-refractivity contribution in [3.05, 3.63) is 71.8 Å². The van der Waals surface area contributed by atoms with Crippen LogP contribution >= 0.6 is 0 Å². The largest absolute Gasteiger partial charge is 0.423 e. The first-order chi connectivity index (χ1) is 13.1. The van der Waals surface area contributed by atoms with Crippen molar-refractivity contribution in [1.29, 1.82) is 0 Å². The standard InChI is InChI=1S/C24H27NO2/c1-25(2)16-23-20-12-11-17(13-20)14-22(23)19-9-6-10-21(15-19)27-24(26)18-7-4-3-5-8-18/h3-10,14-15,17,20,23H,11-13,16H2,1-2H3. The zero-order chi connectivity index (χ0) is 18.8. The van der Waals surface area contributed by atoms with Crippen LogP contribution in [-0.2, 0) is 0 Å². The second-order valence-electron chi connectivity index (χ2n) is 8.11. The summed E-state index contributed by atoms with van der Waals surface area (Å²) in [5.74, 6) is 2.34. The normalized spacial score (nSPS) is 24.0. The monoisotopic (exact) mass is 361 g/mol. The van der Waals surface area contributed by atoms with E-state index in [4.69, 9.17) is 4.74 Å². The topological polar surface area (TPSA) is 29.5 Å². The summed E-state index contributed by atoms with van der Waals surface area (Å²) in [5, 5.41) is 0. The third-order valence-electron chi connectivity index (χ3n) is 5.85. The second kappa shape index (κ2) is 7.69. The Balaban J connectivity index is 1.59. The molecule has 0 spiro atoms. The van der Waals surface area contributed by atoms with Gasteiger partial charge in [-0.25, -0.2) is 4.79 Å². The molecule has 140 valence electrons. The third kappa shape index (κ3) is 3.98. The smallest absolute Gasteiger partial charge is 0.343 e. The van der Waals surface area contributed by atoms with E-state index in [0.717, 1.165) is 12.5 Å². The molecule has 3 atom stereocenters. The predicted octanol–water partition coefficient (Wildman–Crippen LogP) is 4.90. The molecule has 0 aliphatic heterocycles. The van der Waals surface area contributed by atoms with Crippen LogP contribution in [0.2, 0.25) is 0 Å². The van der Waals surface area contributed by atoms with Crippen molar-refractivity contribution >= 4 is 11.5 Å². The molecule has 1 saturated carbocycles. The highest BCUT2D eigenvalue weighted by Crippen LogP contribution is 2.48. The van der Waals surface area contributed by atoms with Gasteiger partial charge in [0.1, 0.15) is 5.75 Å². The van der Waals surface area contributed by atoms with E-state index in [0.29, 0.717) is 23.1 Å². The number of hydrogen-bond donors (Lipinski definition) is 0. The van der Waals surface area contributed by atoms with Gasteiger partial charge in [0.15, 0.2) is 0 Å². The second-order valence-corrected chi connectivity index (χ2v) is 8.11. The highest BCUT2D eigenvalue weighted by atomic mass is 16.5. The van der Waals surface area contributed by atoms with Crippen LogP contribution in [0.25, 0.3) is 5.57 Å². The van der Waals surface area contributed by atoms with Gasteiger partial charge in [0.25, 0.3) is 0 Å². The van der Waals surface area contributed by atoms with E-state index in [1.807, 2.05) is 36.4 Å². The van der Waals surface area contributed by atoms with Crippen LogP contribution in [0.4, 0.5) is 0 Å². The lowest BCUT2D eigenvalue weighted by Gasteiger charge is -2.32. The molecule has 3 heteroatoms. The first-order valence-corrected chi connectivity index (χ1v) is 9.84. The Hall–Kier alpha value is -2.39. The lowest BCUT2D eigenvalue weighted by molar-refractivity contribution is 0.0734. The van der Waals surface area contributed by atoms with E-state index >= 15 is 0 Å². The third-order valence-corrected chi connectivity index (χ3v) is 5.85. The minimum atomic E-state index is -0.310. The van der Waals surface area contributed by atoms with Gasteiger partial charge >= 0.3 is 5.97 Å². The number of carbonyl (C=O) groups is 1. The van der Waals surface area contributed by atoms with Crippen molar-refractivity contribution in [3.63, 3.8) is 0 Å². The van der Waals surface area contributed by atoms with E-state index < -0.39 is 0 Å². The molecule has 1 fully saturated rings. The molecule has 3 unspecified atom stereocenters. The summed E-state index contributed by atoms with van der Waals surface area (Å²) in [4.78, 5) is 14.7. The Morgan fingerprint density at radius 2 is 1.89 bits per heavy atom. The van der Waals surface area contributed by atoms with E-state index in [1.165, 1.54) is 30.4 Å². The van der Waals surface area contributed by atoms with Gasteiger partial charge in [-0.1, -0.05) is 36.4 Å². The number of benzene rings is 2. The fraction of sp³-hybridized carbons (Fsp3) is 0.375. The van der Waals surface area contributed by atoms with Gasteiger partial charge in [0.2, 0.25) is 0 Å². The highest BCUT2D eigenvalue weighted by molar-refractivity contribution is 5.91. The van der Waals surface area contributed by atoms with Crippen molar-refractivity contribution < 1.29 is 9.53 Å². The van der Waals surface area contributed by atoms with Crippen molar-refractivity contribution in [2.75, 3.05) is 20.6 Å². The molecule has 0 radical (unpaired) electrons. The molecule has 2 aromatic carbocycles. The number of carbonyl (C=O) groups excluding carboxylic acids is 1. The van der Waals surface area contributed by atoms with Gasteiger partial charge < -0.3 is 9.64 Å². The Labute approximate surface area is 161 Å². The van der Waals surface area contributed by atoms with Crippen molar-refractivity contribution in [1.82, 2.24) is 4.90 Å². The van der Waals surface area contributed by atoms with Gasteiger partial charge in [-0.15, -0.1) is 0 Å². The van der Waals surface area contributed by atoms with Crippen LogP contribution in [0.3, 0.4) is 0 Å². The maximum atomic E-state index is 12.4. The molecule has 4 rings (SSSR count). The minimum Gasteiger partial charge on any atom is -0.423 e. The van der Waals surface area contributed by atoms with E-state index in [2.05, 4.69) is 31.1 Å². The fourth-order valence-electron chi connectivity index (χ4n) is 4.63. The molecular weight excluding hydrogens is 334 g/mol. The lowest BCUT2D eigenvalue weighted by atomic mass is 9.76. The number of fused-ring (bicyclic) bond motifs is 2. The molecule has 0 heterocycles. The molecule has 0 saturated heterocycles. The number of hydrogen-bond acceptors (Lipinski definition) is 3. The van der Waals surface area contributed by atoms with Gasteiger partial charge in [0, 0.05) is 6.54 Å². The van der Waals surface area contributed by atoms with Gasteiger partial charge in [0.05, 0.1) is 5.56 Å².